The van der Waals surface area contributed by atoms with Crippen LogP contribution >= 0.6 is 11.6 Å². The molecule has 3 aromatic rings. The Bertz CT molecular complexity index is 1010. The lowest BCUT2D eigenvalue weighted by Crippen LogP contribution is -2.48. The average Bonchev–Trinajstić information content (AvgIpc) is 3.02. The summed E-state index contributed by atoms with van der Waals surface area (Å²) < 4.78 is 27.4. The van der Waals surface area contributed by atoms with E-state index in [0.29, 0.717) is 37.2 Å². The van der Waals surface area contributed by atoms with Crippen molar-refractivity contribution in [1.82, 2.24) is 19.2 Å². The van der Waals surface area contributed by atoms with Crippen LogP contribution in [0.5, 0.6) is 0 Å². The molecule has 1 aliphatic rings. The normalized spacial score (nSPS) is 17.0. The number of halogens is 1. The first-order valence-electron chi connectivity index (χ1n) is 8.44. The first-order valence-corrected chi connectivity index (χ1v) is 10.3. The van der Waals surface area contributed by atoms with E-state index in [1.54, 1.807) is 22.5 Å². The minimum absolute atomic E-state index is 0.254. The Morgan fingerprint density at radius 1 is 1.04 bits per heavy atom. The summed E-state index contributed by atoms with van der Waals surface area (Å²) in [6.07, 6.45) is 0. The van der Waals surface area contributed by atoms with Gasteiger partial charge in [0.1, 0.15) is 0 Å². The summed E-state index contributed by atoms with van der Waals surface area (Å²) in [6, 6.07) is 15.1. The number of nitrogens with one attached hydrogen (secondary N) is 1. The Hall–Kier alpha value is -1.93. The number of rotatable bonds is 4. The van der Waals surface area contributed by atoms with E-state index in [1.165, 1.54) is 5.56 Å². The fourth-order valence-corrected chi connectivity index (χ4v) is 4.88. The number of benzene rings is 2. The second-order valence-electron chi connectivity index (χ2n) is 6.37. The van der Waals surface area contributed by atoms with Crippen molar-refractivity contribution in [2.75, 3.05) is 26.2 Å². The van der Waals surface area contributed by atoms with Crippen LogP contribution in [-0.2, 0) is 16.6 Å². The first-order chi connectivity index (χ1) is 12.5. The van der Waals surface area contributed by atoms with Crippen LogP contribution in [0.15, 0.2) is 53.4 Å². The summed E-state index contributed by atoms with van der Waals surface area (Å²) in [7, 11) is -3.52. The molecule has 0 atom stereocenters. The molecular formula is C18H19ClN4O2S. The van der Waals surface area contributed by atoms with Crippen LogP contribution in [0.2, 0.25) is 5.28 Å². The van der Waals surface area contributed by atoms with Gasteiger partial charge in [-0.05, 0) is 35.4 Å². The molecule has 4 rings (SSSR count). The highest BCUT2D eigenvalue weighted by Gasteiger charge is 2.28. The highest BCUT2D eigenvalue weighted by atomic mass is 35.5. The lowest BCUT2D eigenvalue weighted by Gasteiger charge is -2.34. The van der Waals surface area contributed by atoms with E-state index in [2.05, 4.69) is 27.0 Å². The van der Waals surface area contributed by atoms with Gasteiger partial charge in [0.15, 0.2) is 0 Å². The molecule has 0 spiro atoms. The van der Waals surface area contributed by atoms with Gasteiger partial charge in [0, 0.05) is 32.7 Å². The van der Waals surface area contributed by atoms with Crippen molar-refractivity contribution < 1.29 is 8.42 Å². The first kappa shape index (κ1) is 17.5. The van der Waals surface area contributed by atoms with Gasteiger partial charge in [-0.3, -0.25) is 4.90 Å². The predicted octanol–water partition coefficient (Wildman–Crippen LogP) is 2.72. The molecule has 1 saturated heterocycles. The summed E-state index contributed by atoms with van der Waals surface area (Å²) in [5.41, 5.74) is 2.52. The maximum atomic E-state index is 12.9. The summed E-state index contributed by atoms with van der Waals surface area (Å²) >= 11 is 5.85. The second kappa shape index (κ2) is 7.00. The Morgan fingerprint density at radius 2 is 1.77 bits per heavy atom. The average molecular weight is 391 g/mol. The zero-order valence-corrected chi connectivity index (χ0v) is 15.7. The fourth-order valence-electron chi connectivity index (χ4n) is 3.24. The standard InChI is InChI=1S/C18H19ClN4O2S/c19-18-20-16-7-6-15(12-17(16)21-18)26(24,25)23-10-8-22(9-11-23)13-14-4-2-1-3-5-14/h1-7,12H,8-11,13H2,(H,20,21). The molecule has 0 radical (unpaired) electrons. The van der Waals surface area contributed by atoms with Crippen molar-refractivity contribution in [2.45, 2.75) is 11.4 Å². The molecule has 0 aliphatic carbocycles. The number of aromatic amines is 1. The van der Waals surface area contributed by atoms with Gasteiger partial charge in [-0.2, -0.15) is 4.31 Å². The molecule has 0 bridgehead atoms. The number of H-pyrrole nitrogens is 1. The quantitative estimate of drug-likeness (QED) is 0.743. The van der Waals surface area contributed by atoms with E-state index in [0.717, 1.165) is 6.54 Å². The summed E-state index contributed by atoms with van der Waals surface area (Å²) in [5.74, 6) is 0. The molecule has 8 heteroatoms. The van der Waals surface area contributed by atoms with Gasteiger partial charge in [0.05, 0.1) is 15.9 Å². The van der Waals surface area contributed by atoms with Gasteiger partial charge >= 0.3 is 0 Å². The molecule has 0 amide bonds. The zero-order chi connectivity index (χ0) is 18.1. The van der Waals surface area contributed by atoms with Crippen molar-refractivity contribution >= 4 is 32.7 Å². The summed E-state index contributed by atoms with van der Waals surface area (Å²) in [4.78, 5) is 9.51. The van der Waals surface area contributed by atoms with Crippen LogP contribution in [0.25, 0.3) is 11.0 Å². The van der Waals surface area contributed by atoms with Crippen molar-refractivity contribution in [3.05, 3.63) is 59.4 Å². The SMILES string of the molecule is O=S(=O)(c1ccc2nc(Cl)[nH]c2c1)N1CCN(Cc2ccccc2)CC1. The van der Waals surface area contributed by atoms with Gasteiger partial charge in [-0.25, -0.2) is 13.4 Å². The van der Waals surface area contributed by atoms with Crippen molar-refractivity contribution in [3.63, 3.8) is 0 Å². The molecular weight excluding hydrogens is 372 g/mol. The number of hydrogen-bond acceptors (Lipinski definition) is 4. The Labute approximate surface area is 157 Å². The highest BCUT2D eigenvalue weighted by molar-refractivity contribution is 7.89. The minimum atomic E-state index is -3.52. The number of aromatic nitrogens is 2. The van der Waals surface area contributed by atoms with Crippen LogP contribution in [-0.4, -0.2) is 53.8 Å². The Kier molecular flexibility index (Phi) is 4.71. The third-order valence-corrected chi connectivity index (χ3v) is 6.72. The van der Waals surface area contributed by atoms with Crippen LogP contribution in [0.3, 0.4) is 0 Å². The number of piperazine rings is 1. The Balaban J connectivity index is 1.47. The highest BCUT2D eigenvalue weighted by Crippen LogP contribution is 2.23. The third kappa shape index (κ3) is 3.48. The smallest absolute Gasteiger partial charge is 0.243 e. The summed E-state index contributed by atoms with van der Waals surface area (Å²) in [5, 5.41) is 0.254. The fraction of sp³-hybridized carbons (Fsp3) is 0.278. The molecule has 2 aromatic carbocycles. The van der Waals surface area contributed by atoms with Gasteiger partial charge < -0.3 is 4.98 Å². The van der Waals surface area contributed by atoms with E-state index in [-0.39, 0.29) is 10.2 Å². The van der Waals surface area contributed by atoms with Crippen LogP contribution in [0, 0.1) is 0 Å². The lowest BCUT2D eigenvalue weighted by atomic mass is 10.2. The van der Waals surface area contributed by atoms with Crippen molar-refractivity contribution in [1.29, 1.82) is 0 Å². The maximum absolute atomic E-state index is 12.9. The third-order valence-electron chi connectivity index (χ3n) is 4.64. The number of nitrogens with zero attached hydrogens (tertiary/aromatic N) is 3. The van der Waals surface area contributed by atoms with E-state index in [9.17, 15) is 8.42 Å². The lowest BCUT2D eigenvalue weighted by molar-refractivity contribution is 0.181. The molecule has 136 valence electrons. The monoisotopic (exact) mass is 390 g/mol. The summed E-state index contributed by atoms with van der Waals surface area (Å²) in [6.45, 7) is 3.24. The Morgan fingerprint density at radius 3 is 2.50 bits per heavy atom. The number of fused-ring (bicyclic) bond motifs is 1. The van der Waals surface area contributed by atoms with Crippen molar-refractivity contribution in [3.8, 4) is 0 Å². The largest absolute Gasteiger partial charge is 0.329 e. The molecule has 6 nitrogen and oxygen atoms in total. The number of imidazole rings is 1. The molecule has 1 fully saturated rings. The zero-order valence-electron chi connectivity index (χ0n) is 14.1. The van der Waals surface area contributed by atoms with Crippen LogP contribution in [0.4, 0.5) is 0 Å². The van der Waals surface area contributed by atoms with E-state index in [1.807, 2.05) is 18.2 Å². The van der Waals surface area contributed by atoms with E-state index < -0.39 is 10.0 Å². The van der Waals surface area contributed by atoms with Gasteiger partial charge in [-0.15, -0.1) is 0 Å². The molecule has 1 aliphatic heterocycles. The molecule has 0 unspecified atom stereocenters. The number of sulfonamides is 1. The van der Waals surface area contributed by atoms with Crippen LogP contribution in [0.1, 0.15) is 5.56 Å². The second-order valence-corrected chi connectivity index (χ2v) is 8.67. The van der Waals surface area contributed by atoms with Crippen molar-refractivity contribution in [2.24, 2.45) is 0 Å². The molecule has 26 heavy (non-hydrogen) atoms. The minimum Gasteiger partial charge on any atom is -0.329 e. The predicted molar refractivity (Wildman–Crippen MR) is 102 cm³/mol. The number of hydrogen-bond donors (Lipinski definition) is 1. The molecule has 1 N–H and O–H groups in total. The van der Waals surface area contributed by atoms with E-state index in [4.69, 9.17) is 11.6 Å². The van der Waals surface area contributed by atoms with Gasteiger partial charge in [0.2, 0.25) is 15.3 Å². The molecule has 0 saturated carbocycles. The molecule has 1 aromatic heterocycles. The van der Waals surface area contributed by atoms with E-state index >= 15 is 0 Å². The van der Waals surface area contributed by atoms with Gasteiger partial charge in [-0.1, -0.05) is 30.3 Å². The van der Waals surface area contributed by atoms with Gasteiger partial charge in [0.25, 0.3) is 0 Å². The molecule has 2 heterocycles. The topological polar surface area (TPSA) is 69.3 Å². The van der Waals surface area contributed by atoms with Crippen LogP contribution < -0.4 is 0 Å². The maximum Gasteiger partial charge on any atom is 0.243 e.